The van der Waals surface area contributed by atoms with Gasteiger partial charge in [0.2, 0.25) is 0 Å². The third-order valence-electron chi connectivity index (χ3n) is 1.76. The maximum Gasteiger partial charge on any atom is 0.184 e. The Labute approximate surface area is 64.2 Å². The molecule has 4 atom stereocenters. The number of aliphatic hydroxyl groups is 3. The average molecular weight is 164 g/mol. The van der Waals surface area contributed by atoms with Crippen LogP contribution in [0.1, 0.15) is 0 Å². The predicted molar refractivity (Wildman–Crippen MR) is 34.8 cm³/mol. The molecule has 1 aliphatic rings. The van der Waals surface area contributed by atoms with E-state index in [1.165, 1.54) is 7.11 Å². The Morgan fingerprint density at radius 2 is 2.09 bits per heavy atom. The van der Waals surface area contributed by atoms with E-state index in [2.05, 4.69) is 0 Å². The fourth-order valence-corrected chi connectivity index (χ4v) is 1.16. The summed E-state index contributed by atoms with van der Waals surface area (Å²) >= 11 is 0. The Hall–Kier alpha value is -0.200. The van der Waals surface area contributed by atoms with E-state index in [0.717, 1.165) is 0 Å². The van der Waals surface area contributed by atoms with Crippen LogP contribution in [0.2, 0.25) is 0 Å². The highest BCUT2D eigenvalue weighted by Gasteiger charge is 2.42. The van der Waals surface area contributed by atoms with Gasteiger partial charge in [0.25, 0.3) is 0 Å². The van der Waals surface area contributed by atoms with E-state index in [1.807, 2.05) is 0 Å². The highest BCUT2D eigenvalue weighted by molar-refractivity contribution is 4.86. The van der Waals surface area contributed by atoms with Crippen molar-refractivity contribution in [2.75, 3.05) is 13.7 Å². The van der Waals surface area contributed by atoms with Crippen molar-refractivity contribution in [2.24, 2.45) is 0 Å². The van der Waals surface area contributed by atoms with E-state index >= 15 is 0 Å². The zero-order chi connectivity index (χ0) is 8.43. The molecule has 0 aromatic rings. The SMILES string of the molecule is CO[C@H]1[C@@H](CO)OC(O)[C@@H]1O. The number of methoxy groups -OCH3 is 1. The molecule has 1 heterocycles. The van der Waals surface area contributed by atoms with Crippen LogP contribution in [0.25, 0.3) is 0 Å². The molecule has 66 valence electrons. The van der Waals surface area contributed by atoms with Crippen LogP contribution in [-0.2, 0) is 9.47 Å². The Balaban J connectivity index is 2.57. The zero-order valence-corrected chi connectivity index (χ0v) is 6.17. The largest absolute Gasteiger partial charge is 0.394 e. The lowest BCUT2D eigenvalue weighted by atomic mass is 10.1. The summed E-state index contributed by atoms with van der Waals surface area (Å²) in [6.07, 6.45) is -3.60. The number of ether oxygens (including phenoxy) is 2. The van der Waals surface area contributed by atoms with Crippen molar-refractivity contribution in [3.8, 4) is 0 Å². The molecule has 1 fully saturated rings. The van der Waals surface area contributed by atoms with Crippen LogP contribution in [0.15, 0.2) is 0 Å². The summed E-state index contributed by atoms with van der Waals surface area (Å²) in [6.45, 7) is -0.271. The maximum absolute atomic E-state index is 9.15. The van der Waals surface area contributed by atoms with Crippen molar-refractivity contribution in [3.05, 3.63) is 0 Å². The van der Waals surface area contributed by atoms with Crippen LogP contribution in [0.3, 0.4) is 0 Å². The van der Waals surface area contributed by atoms with E-state index in [-0.39, 0.29) is 6.61 Å². The average Bonchev–Trinajstić information content (AvgIpc) is 2.28. The molecule has 1 rings (SSSR count). The molecular formula is C6H12O5. The monoisotopic (exact) mass is 164 g/mol. The van der Waals surface area contributed by atoms with E-state index < -0.39 is 24.6 Å². The molecular weight excluding hydrogens is 152 g/mol. The first kappa shape index (κ1) is 8.89. The summed E-state index contributed by atoms with van der Waals surface area (Å²) in [5, 5.41) is 26.8. The Kier molecular flexibility index (Phi) is 2.80. The van der Waals surface area contributed by atoms with E-state index in [0.29, 0.717) is 0 Å². The maximum atomic E-state index is 9.15. The second-order valence-corrected chi connectivity index (χ2v) is 2.44. The summed E-state index contributed by atoms with van der Waals surface area (Å²) in [5.41, 5.74) is 0. The van der Waals surface area contributed by atoms with Crippen molar-refractivity contribution in [1.82, 2.24) is 0 Å². The van der Waals surface area contributed by atoms with Gasteiger partial charge in [-0.3, -0.25) is 0 Å². The lowest BCUT2D eigenvalue weighted by molar-refractivity contribution is -0.132. The molecule has 0 radical (unpaired) electrons. The quantitative estimate of drug-likeness (QED) is 0.443. The topological polar surface area (TPSA) is 79.2 Å². The van der Waals surface area contributed by atoms with E-state index in [9.17, 15) is 0 Å². The van der Waals surface area contributed by atoms with Crippen LogP contribution in [0.4, 0.5) is 0 Å². The van der Waals surface area contributed by atoms with Crippen molar-refractivity contribution in [1.29, 1.82) is 0 Å². The van der Waals surface area contributed by atoms with Gasteiger partial charge >= 0.3 is 0 Å². The summed E-state index contributed by atoms with van der Waals surface area (Å²) in [5.74, 6) is 0. The molecule has 0 bridgehead atoms. The van der Waals surface area contributed by atoms with Crippen LogP contribution in [0.5, 0.6) is 0 Å². The molecule has 0 saturated carbocycles. The Morgan fingerprint density at radius 1 is 1.45 bits per heavy atom. The first-order valence-corrected chi connectivity index (χ1v) is 3.36. The van der Waals surface area contributed by atoms with Crippen molar-refractivity contribution < 1.29 is 24.8 Å². The van der Waals surface area contributed by atoms with Crippen molar-refractivity contribution >= 4 is 0 Å². The Morgan fingerprint density at radius 3 is 2.45 bits per heavy atom. The summed E-state index contributed by atoms with van der Waals surface area (Å²) in [4.78, 5) is 0. The standard InChI is InChI=1S/C6H12O5/c1-10-5-3(2-7)11-6(9)4(5)8/h3-9H,2H2,1H3/t3-,4-,5+,6?/m1/s1. The highest BCUT2D eigenvalue weighted by Crippen LogP contribution is 2.21. The fourth-order valence-electron chi connectivity index (χ4n) is 1.16. The lowest BCUT2D eigenvalue weighted by Gasteiger charge is -2.15. The fraction of sp³-hybridized carbons (Fsp3) is 1.00. The second kappa shape index (κ2) is 3.46. The first-order valence-electron chi connectivity index (χ1n) is 3.36. The number of rotatable bonds is 2. The summed E-state index contributed by atoms with van der Waals surface area (Å²) in [6, 6.07) is 0. The molecule has 0 aromatic carbocycles. The van der Waals surface area contributed by atoms with Gasteiger partial charge in [0.15, 0.2) is 6.29 Å². The number of hydrogen-bond acceptors (Lipinski definition) is 5. The molecule has 1 unspecified atom stereocenters. The molecule has 5 nitrogen and oxygen atoms in total. The summed E-state index contributed by atoms with van der Waals surface area (Å²) in [7, 11) is 1.39. The smallest absolute Gasteiger partial charge is 0.184 e. The van der Waals surface area contributed by atoms with Crippen LogP contribution in [0, 0.1) is 0 Å². The van der Waals surface area contributed by atoms with Gasteiger partial charge in [-0.2, -0.15) is 0 Å². The molecule has 11 heavy (non-hydrogen) atoms. The van der Waals surface area contributed by atoms with Gasteiger partial charge in [0, 0.05) is 7.11 Å². The van der Waals surface area contributed by atoms with Gasteiger partial charge in [-0.15, -0.1) is 0 Å². The van der Waals surface area contributed by atoms with E-state index in [1.54, 1.807) is 0 Å². The zero-order valence-electron chi connectivity index (χ0n) is 6.17. The van der Waals surface area contributed by atoms with Crippen molar-refractivity contribution in [3.63, 3.8) is 0 Å². The first-order chi connectivity index (χ1) is 5.20. The lowest BCUT2D eigenvalue weighted by Crippen LogP contribution is -2.35. The minimum absolute atomic E-state index is 0.271. The van der Waals surface area contributed by atoms with Crippen LogP contribution >= 0.6 is 0 Å². The Bertz CT molecular complexity index is 128. The van der Waals surface area contributed by atoms with E-state index in [4.69, 9.17) is 24.8 Å². The molecule has 5 heteroatoms. The second-order valence-electron chi connectivity index (χ2n) is 2.44. The molecule has 0 amide bonds. The normalized spacial score (nSPS) is 44.7. The minimum atomic E-state index is -1.25. The number of aliphatic hydroxyl groups excluding tert-OH is 3. The van der Waals surface area contributed by atoms with Gasteiger partial charge in [-0.05, 0) is 0 Å². The van der Waals surface area contributed by atoms with Gasteiger partial charge in [-0.25, -0.2) is 0 Å². The molecule has 1 saturated heterocycles. The minimum Gasteiger partial charge on any atom is -0.394 e. The van der Waals surface area contributed by atoms with Gasteiger partial charge in [0.1, 0.15) is 18.3 Å². The third kappa shape index (κ3) is 1.52. The molecule has 0 spiro atoms. The summed E-state index contributed by atoms with van der Waals surface area (Å²) < 4.78 is 9.56. The third-order valence-corrected chi connectivity index (χ3v) is 1.76. The molecule has 1 aliphatic heterocycles. The van der Waals surface area contributed by atoms with Gasteiger partial charge in [-0.1, -0.05) is 0 Å². The predicted octanol–water partition coefficient (Wildman–Crippen LogP) is -1.93. The van der Waals surface area contributed by atoms with Crippen LogP contribution < -0.4 is 0 Å². The van der Waals surface area contributed by atoms with Crippen LogP contribution in [-0.4, -0.2) is 53.6 Å². The van der Waals surface area contributed by atoms with Gasteiger partial charge < -0.3 is 24.8 Å². The molecule has 0 aliphatic carbocycles. The molecule has 0 aromatic heterocycles. The van der Waals surface area contributed by atoms with Crippen molar-refractivity contribution in [2.45, 2.75) is 24.6 Å². The number of hydrogen-bond donors (Lipinski definition) is 3. The highest BCUT2D eigenvalue weighted by atomic mass is 16.7. The molecule has 3 N–H and O–H groups in total. The van der Waals surface area contributed by atoms with Gasteiger partial charge in [0.05, 0.1) is 6.61 Å².